The number of nitroso groups, excluding NO2 is 1. The molecule has 6 nitrogen and oxygen atoms in total. The number of aromatic hydroxyl groups is 2. The van der Waals surface area contributed by atoms with E-state index in [1.807, 2.05) is 0 Å². The highest BCUT2D eigenvalue weighted by Crippen LogP contribution is 2.55. The molecule has 0 heterocycles. The van der Waals surface area contributed by atoms with E-state index < -0.39 is 0 Å². The van der Waals surface area contributed by atoms with Crippen LogP contribution in [0.3, 0.4) is 0 Å². The number of ether oxygens (including phenoxy) is 1. The molecule has 2 aliphatic rings. The van der Waals surface area contributed by atoms with Crippen LogP contribution >= 0.6 is 0 Å². The lowest BCUT2D eigenvalue weighted by molar-refractivity contribution is 0.440. The number of anilines is 1. The van der Waals surface area contributed by atoms with Crippen molar-refractivity contribution in [3.8, 4) is 78.6 Å². The number of phenols is 2. The Morgan fingerprint density at radius 1 is 0.516 bits per heavy atom. The molecule has 8 aromatic carbocycles. The van der Waals surface area contributed by atoms with Crippen LogP contribution in [0.1, 0.15) is 72.2 Å². The van der Waals surface area contributed by atoms with Crippen LogP contribution in [0, 0.1) is 25.7 Å². The number of aryl methyl sites for hydroxylation is 2. The predicted octanol–water partition coefficient (Wildman–Crippen LogP) is 15.4. The monoisotopic (exact) mass is 838 g/mol. The van der Waals surface area contributed by atoms with Crippen LogP contribution < -0.4 is 10.1 Å². The summed E-state index contributed by atoms with van der Waals surface area (Å²) in [4.78, 5) is 11.6. The Labute approximate surface area is 374 Å². The number of rotatable bonds is 9. The molecule has 8 aromatic rings. The maximum Gasteiger partial charge on any atom is 0.151 e. The van der Waals surface area contributed by atoms with Gasteiger partial charge in [-0.3, -0.25) is 0 Å². The second kappa shape index (κ2) is 15.1. The maximum absolute atomic E-state index is 11.6. The van der Waals surface area contributed by atoms with Crippen LogP contribution in [-0.4, -0.2) is 10.2 Å². The van der Waals surface area contributed by atoms with Crippen molar-refractivity contribution >= 4 is 11.4 Å². The van der Waals surface area contributed by atoms with Gasteiger partial charge in [0.05, 0.1) is 11.3 Å². The van der Waals surface area contributed by atoms with Gasteiger partial charge in [-0.2, -0.15) is 0 Å². The summed E-state index contributed by atoms with van der Waals surface area (Å²) in [6.07, 6.45) is 0. The molecule has 0 atom stereocenters. The first-order valence-corrected chi connectivity index (χ1v) is 21.9. The number of benzene rings is 8. The lowest BCUT2D eigenvalue weighted by Gasteiger charge is -2.23. The summed E-state index contributed by atoms with van der Waals surface area (Å²) in [5, 5.41) is 29.5. The van der Waals surface area contributed by atoms with Crippen LogP contribution in [0.5, 0.6) is 23.0 Å². The van der Waals surface area contributed by atoms with Crippen molar-refractivity contribution in [3.05, 3.63) is 195 Å². The van der Waals surface area contributed by atoms with E-state index in [0.717, 1.165) is 50.4 Å². The Morgan fingerprint density at radius 3 is 1.53 bits per heavy atom. The van der Waals surface area contributed by atoms with E-state index in [1.165, 1.54) is 44.5 Å². The van der Waals surface area contributed by atoms with Gasteiger partial charge in [0.1, 0.15) is 22.9 Å². The van der Waals surface area contributed by atoms with Crippen LogP contribution in [0.4, 0.5) is 11.4 Å². The third kappa shape index (κ3) is 6.39. The molecule has 0 aromatic heterocycles. The van der Waals surface area contributed by atoms with Crippen molar-refractivity contribution < 1.29 is 14.9 Å². The molecular formula is C58H50N2O4. The molecular weight excluding hydrogens is 789 g/mol. The molecule has 6 heteroatoms. The quantitative estimate of drug-likeness (QED) is 0.126. The fraction of sp³-hybridized carbons (Fsp3) is 0.172. The molecule has 3 N–H and O–H groups in total. The summed E-state index contributed by atoms with van der Waals surface area (Å²) in [5.74, 6) is 1.13. The van der Waals surface area contributed by atoms with Gasteiger partial charge in [-0.25, -0.2) is 0 Å². The summed E-state index contributed by atoms with van der Waals surface area (Å²) in [6.45, 7) is 15.6. The van der Waals surface area contributed by atoms with E-state index >= 15 is 0 Å². The summed E-state index contributed by atoms with van der Waals surface area (Å²) in [7, 11) is 0. The predicted molar refractivity (Wildman–Crippen MR) is 261 cm³/mol. The van der Waals surface area contributed by atoms with Gasteiger partial charge in [0.25, 0.3) is 0 Å². The van der Waals surface area contributed by atoms with Gasteiger partial charge in [-0.1, -0.05) is 137 Å². The van der Waals surface area contributed by atoms with E-state index in [4.69, 9.17) is 4.74 Å². The minimum Gasteiger partial charge on any atom is -0.507 e. The Balaban J connectivity index is 1.10. The molecule has 64 heavy (non-hydrogen) atoms. The van der Waals surface area contributed by atoms with Crippen LogP contribution in [0.2, 0.25) is 0 Å². The largest absolute Gasteiger partial charge is 0.507 e. The Morgan fingerprint density at radius 2 is 0.969 bits per heavy atom. The van der Waals surface area contributed by atoms with Crippen molar-refractivity contribution in [2.75, 3.05) is 5.32 Å². The molecule has 10 rings (SSSR count). The molecule has 0 aliphatic heterocycles. The van der Waals surface area contributed by atoms with E-state index in [9.17, 15) is 15.1 Å². The topological polar surface area (TPSA) is 91.1 Å². The van der Waals surface area contributed by atoms with Crippen molar-refractivity contribution in [1.29, 1.82) is 0 Å². The molecule has 0 radical (unpaired) electrons. The first-order chi connectivity index (χ1) is 30.8. The number of fused-ring (bicyclic) bond motifs is 6. The van der Waals surface area contributed by atoms with E-state index in [1.54, 1.807) is 36.4 Å². The van der Waals surface area contributed by atoms with Crippen molar-refractivity contribution in [2.24, 2.45) is 5.18 Å². The molecule has 0 unspecified atom stereocenters. The van der Waals surface area contributed by atoms with Gasteiger partial charge in [0, 0.05) is 22.9 Å². The smallest absolute Gasteiger partial charge is 0.151 e. The highest BCUT2D eigenvalue weighted by molar-refractivity contribution is 5.95. The molecule has 0 fully saturated rings. The zero-order valence-electron chi connectivity index (χ0n) is 37.2. The fourth-order valence-corrected chi connectivity index (χ4v) is 10.4. The van der Waals surface area contributed by atoms with E-state index in [-0.39, 0.29) is 34.6 Å². The summed E-state index contributed by atoms with van der Waals surface area (Å²) >= 11 is 0. The molecule has 0 saturated carbocycles. The van der Waals surface area contributed by atoms with E-state index in [2.05, 4.69) is 168 Å². The Bertz CT molecular complexity index is 3210. The molecule has 2 aliphatic carbocycles. The number of phenolic OH excluding ortho intramolecular Hbond substituents is 2. The number of nitrogens with zero attached hydrogens (tertiary/aromatic N) is 1. The van der Waals surface area contributed by atoms with Crippen LogP contribution in [0.25, 0.3) is 55.6 Å². The SMILES string of the molecule is Cc1cc(-c2cccc3c2-c2ccccc2C3(C)C)cc(Oc2cc(-c3cccc4c3-c3ccccc3C4(C)C)cc(C)c2NCc2c(O)cc(-c3ccccc3N=O)cc2O)c1C. The zero-order chi connectivity index (χ0) is 44.7. The second-order valence-corrected chi connectivity index (χ2v) is 18.4. The number of hydrogen-bond acceptors (Lipinski definition) is 6. The first kappa shape index (κ1) is 40.6. The first-order valence-electron chi connectivity index (χ1n) is 21.9. The van der Waals surface area contributed by atoms with Gasteiger partial charge in [0.2, 0.25) is 0 Å². The second-order valence-electron chi connectivity index (χ2n) is 18.4. The molecule has 0 bridgehead atoms. The average Bonchev–Trinajstić information content (AvgIpc) is 3.67. The maximum atomic E-state index is 11.6. The fourth-order valence-electron chi connectivity index (χ4n) is 10.4. The lowest BCUT2D eigenvalue weighted by atomic mass is 9.82. The van der Waals surface area contributed by atoms with E-state index in [0.29, 0.717) is 22.4 Å². The van der Waals surface area contributed by atoms with Crippen LogP contribution in [-0.2, 0) is 17.4 Å². The highest BCUT2D eigenvalue weighted by Gasteiger charge is 2.38. The molecule has 0 amide bonds. The zero-order valence-corrected chi connectivity index (χ0v) is 37.2. The van der Waals surface area contributed by atoms with Gasteiger partial charge in [-0.05, 0) is 151 Å². The lowest BCUT2D eigenvalue weighted by Crippen LogP contribution is -2.14. The Hall–Kier alpha value is -7.44. The summed E-state index contributed by atoms with van der Waals surface area (Å²) in [6, 6.07) is 49.4. The molecule has 316 valence electrons. The van der Waals surface area contributed by atoms with Gasteiger partial charge >= 0.3 is 0 Å². The minimum absolute atomic E-state index is 0.0910. The summed E-state index contributed by atoms with van der Waals surface area (Å²) in [5.41, 5.74) is 19.6. The molecule has 0 spiro atoms. The van der Waals surface area contributed by atoms with Crippen LogP contribution in [0.15, 0.2) is 151 Å². The Kier molecular flexibility index (Phi) is 9.60. The van der Waals surface area contributed by atoms with Crippen molar-refractivity contribution in [3.63, 3.8) is 0 Å². The summed E-state index contributed by atoms with van der Waals surface area (Å²) < 4.78 is 7.21. The standard InChI is InChI=1S/C58H50N2O4/c1-33-26-36(40-19-14-23-47-54(40)42-17-8-11-21-45(42)57(47,4)5)30-52(35(33)3)64-53-31-37(41-20-15-24-48-55(41)43-18-9-12-22-46(43)58(48,6)7)27-34(2)56(53)59-32-44-50(61)28-38(29-51(44)62)39-16-10-13-25-49(39)60-63/h8-31,59,61-62H,32H2,1-7H3. The highest BCUT2D eigenvalue weighted by atomic mass is 16.5. The van der Waals surface area contributed by atoms with Crippen molar-refractivity contribution in [2.45, 2.75) is 65.8 Å². The average molecular weight is 839 g/mol. The third-order valence-corrected chi connectivity index (χ3v) is 13.9. The number of hydrogen-bond donors (Lipinski definition) is 3. The van der Waals surface area contributed by atoms with Crippen molar-refractivity contribution in [1.82, 2.24) is 0 Å². The minimum atomic E-state index is -0.161. The molecule has 0 saturated heterocycles. The number of nitrogens with one attached hydrogen (secondary N) is 1. The normalized spacial score (nSPS) is 13.7. The van der Waals surface area contributed by atoms with Gasteiger partial charge in [-0.15, -0.1) is 4.91 Å². The van der Waals surface area contributed by atoms with Gasteiger partial charge in [0.15, 0.2) is 5.75 Å². The van der Waals surface area contributed by atoms with Gasteiger partial charge < -0.3 is 20.3 Å². The third-order valence-electron chi connectivity index (χ3n) is 13.9.